The van der Waals surface area contributed by atoms with E-state index in [9.17, 15) is 15.0 Å². The fourth-order valence-electron chi connectivity index (χ4n) is 2.29. The SMILES string of the molecule is CC1(C)CN(CC(=O)c2ccc(O)cc2O)CCS1. The van der Waals surface area contributed by atoms with E-state index in [4.69, 9.17) is 0 Å². The van der Waals surface area contributed by atoms with Crippen LogP contribution in [0.5, 0.6) is 11.5 Å². The monoisotopic (exact) mass is 281 g/mol. The summed E-state index contributed by atoms with van der Waals surface area (Å²) in [7, 11) is 0. The summed E-state index contributed by atoms with van der Waals surface area (Å²) in [6.45, 7) is 6.40. The molecule has 0 aromatic heterocycles. The molecule has 4 nitrogen and oxygen atoms in total. The van der Waals surface area contributed by atoms with Crippen molar-refractivity contribution in [3.63, 3.8) is 0 Å². The summed E-state index contributed by atoms with van der Waals surface area (Å²) in [6.07, 6.45) is 0. The van der Waals surface area contributed by atoms with Gasteiger partial charge >= 0.3 is 0 Å². The zero-order valence-corrected chi connectivity index (χ0v) is 12.0. The molecule has 0 atom stereocenters. The van der Waals surface area contributed by atoms with E-state index in [0.717, 1.165) is 18.8 Å². The average molecular weight is 281 g/mol. The third-order valence-electron chi connectivity index (χ3n) is 3.15. The molecule has 1 fully saturated rings. The van der Waals surface area contributed by atoms with Crippen molar-refractivity contribution in [1.29, 1.82) is 0 Å². The topological polar surface area (TPSA) is 60.8 Å². The summed E-state index contributed by atoms with van der Waals surface area (Å²) in [5.74, 6) is 0.711. The van der Waals surface area contributed by atoms with Crippen LogP contribution in [0.2, 0.25) is 0 Å². The molecule has 0 amide bonds. The minimum absolute atomic E-state index is 0.0374. The molecule has 0 aliphatic carbocycles. The van der Waals surface area contributed by atoms with Gasteiger partial charge in [-0.1, -0.05) is 0 Å². The summed E-state index contributed by atoms with van der Waals surface area (Å²) >= 11 is 1.92. The van der Waals surface area contributed by atoms with Crippen molar-refractivity contribution in [2.75, 3.05) is 25.4 Å². The number of Topliss-reactive ketones (excluding diaryl/α,β-unsaturated/α-hetero) is 1. The minimum atomic E-state index is -0.157. The fraction of sp³-hybridized carbons (Fsp3) is 0.500. The van der Waals surface area contributed by atoms with Crippen LogP contribution < -0.4 is 0 Å². The van der Waals surface area contributed by atoms with Crippen molar-refractivity contribution in [2.24, 2.45) is 0 Å². The van der Waals surface area contributed by atoms with Gasteiger partial charge in [0.05, 0.1) is 12.1 Å². The molecule has 5 heteroatoms. The van der Waals surface area contributed by atoms with Crippen molar-refractivity contribution in [2.45, 2.75) is 18.6 Å². The molecule has 0 unspecified atom stereocenters. The molecule has 1 saturated heterocycles. The molecule has 1 aromatic carbocycles. The second-order valence-corrected chi connectivity index (χ2v) is 7.25. The highest BCUT2D eigenvalue weighted by atomic mass is 32.2. The van der Waals surface area contributed by atoms with E-state index in [1.165, 1.54) is 18.2 Å². The molecule has 1 aliphatic rings. The number of nitrogens with zero attached hydrogens (tertiary/aromatic N) is 1. The number of carbonyl (C=O) groups excluding carboxylic acids is 1. The van der Waals surface area contributed by atoms with Gasteiger partial charge in [0.15, 0.2) is 5.78 Å². The molecule has 2 N–H and O–H groups in total. The van der Waals surface area contributed by atoms with E-state index in [1.807, 2.05) is 11.8 Å². The summed E-state index contributed by atoms with van der Waals surface area (Å²) in [4.78, 5) is 14.3. The van der Waals surface area contributed by atoms with Gasteiger partial charge < -0.3 is 10.2 Å². The summed E-state index contributed by atoms with van der Waals surface area (Å²) in [6, 6.07) is 4.09. The van der Waals surface area contributed by atoms with Crippen molar-refractivity contribution < 1.29 is 15.0 Å². The number of ketones is 1. The zero-order valence-electron chi connectivity index (χ0n) is 11.2. The van der Waals surface area contributed by atoms with E-state index in [2.05, 4.69) is 18.7 Å². The zero-order chi connectivity index (χ0) is 14.0. The van der Waals surface area contributed by atoms with Crippen LogP contribution in [0.25, 0.3) is 0 Å². The van der Waals surface area contributed by atoms with Crippen LogP contribution in [0.15, 0.2) is 18.2 Å². The number of aromatic hydroxyl groups is 2. The molecule has 0 spiro atoms. The van der Waals surface area contributed by atoms with Gasteiger partial charge in [0.1, 0.15) is 11.5 Å². The first kappa shape index (κ1) is 14.2. The third kappa shape index (κ3) is 3.64. The Labute approximate surface area is 117 Å². The van der Waals surface area contributed by atoms with Gasteiger partial charge in [-0.25, -0.2) is 0 Å². The Morgan fingerprint density at radius 1 is 1.42 bits per heavy atom. The van der Waals surface area contributed by atoms with Gasteiger partial charge in [-0.05, 0) is 26.0 Å². The van der Waals surface area contributed by atoms with Crippen LogP contribution in [0, 0.1) is 0 Å². The number of hydrogen-bond acceptors (Lipinski definition) is 5. The van der Waals surface area contributed by atoms with Crippen molar-refractivity contribution in [3.8, 4) is 11.5 Å². The number of thioether (sulfide) groups is 1. The highest BCUT2D eigenvalue weighted by Crippen LogP contribution is 2.30. The van der Waals surface area contributed by atoms with Crippen molar-refractivity contribution in [1.82, 2.24) is 4.90 Å². The number of phenols is 2. The molecular formula is C14H19NO3S. The standard InChI is InChI=1S/C14H19NO3S/c1-14(2)9-15(5-6-19-14)8-13(18)11-4-3-10(16)7-12(11)17/h3-4,7,16-17H,5-6,8-9H2,1-2H3. The number of phenolic OH excluding ortho intramolecular Hbond substituents is 2. The van der Waals surface area contributed by atoms with Gasteiger partial charge in [-0.2, -0.15) is 11.8 Å². The molecule has 0 radical (unpaired) electrons. The minimum Gasteiger partial charge on any atom is -0.508 e. The van der Waals surface area contributed by atoms with E-state index in [-0.39, 0.29) is 27.6 Å². The van der Waals surface area contributed by atoms with Crippen LogP contribution in [0.1, 0.15) is 24.2 Å². The number of benzene rings is 1. The predicted octanol–water partition coefficient (Wildman–Crippen LogP) is 2.11. The largest absolute Gasteiger partial charge is 0.508 e. The van der Waals surface area contributed by atoms with E-state index in [1.54, 1.807) is 0 Å². The van der Waals surface area contributed by atoms with Crippen molar-refractivity contribution >= 4 is 17.5 Å². The Bertz CT molecular complexity index is 488. The van der Waals surface area contributed by atoms with Gasteiger partial charge in [-0.15, -0.1) is 0 Å². The number of rotatable bonds is 3. The first-order valence-electron chi connectivity index (χ1n) is 6.29. The number of carbonyl (C=O) groups is 1. The number of hydrogen-bond donors (Lipinski definition) is 2. The van der Waals surface area contributed by atoms with Gasteiger partial charge in [-0.3, -0.25) is 9.69 Å². The third-order valence-corrected chi connectivity index (χ3v) is 4.45. The molecule has 0 saturated carbocycles. The highest BCUT2D eigenvalue weighted by molar-refractivity contribution is 8.00. The molecule has 1 aliphatic heterocycles. The lowest BCUT2D eigenvalue weighted by Crippen LogP contribution is -2.45. The summed E-state index contributed by atoms with van der Waals surface area (Å²) < 4.78 is 0.162. The lowest BCUT2D eigenvalue weighted by Gasteiger charge is -2.37. The molecule has 1 aromatic rings. The Hall–Kier alpha value is -1.20. The van der Waals surface area contributed by atoms with Gasteiger partial charge in [0.25, 0.3) is 0 Å². The fourth-order valence-corrected chi connectivity index (χ4v) is 3.47. The van der Waals surface area contributed by atoms with Gasteiger partial charge in [0.2, 0.25) is 0 Å². The molecule has 104 valence electrons. The smallest absolute Gasteiger partial charge is 0.180 e. The van der Waals surface area contributed by atoms with Crippen LogP contribution in [0.4, 0.5) is 0 Å². The van der Waals surface area contributed by atoms with Crippen molar-refractivity contribution in [3.05, 3.63) is 23.8 Å². The van der Waals surface area contributed by atoms with Crippen LogP contribution in [0.3, 0.4) is 0 Å². The quantitative estimate of drug-likeness (QED) is 0.831. The average Bonchev–Trinajstić information content (AvgIpc) is 2.27. The summed E-state index contributed by atoms with van der Waals surface area (Å²) in [5.41, 5.74) is 0.272. The first-order valence-corrected chi connectivity index (χ1v) is 7.27. The second kappa shape index (κ2) is 5.43. The lowest BCUT2D eigenvalue weighted by atomic mass is 10.1. The second-order valence-electron chi connectivity index (χ2n) is 5.44. The Balaban J connectivity index is 2.04. The predicted molar refractivity (Wildman–Crippen MR) is 77.1 cm³/mol. The maximum Gasteiger partial charge on any atom is 0.180 e. The van der Waals surface area contributed by atoms with Crippen LogP contribution in [-0.4, -0.2) is 51.0 Å². The van der Waals surface area contributed by atoms with E-state index < -0.39 is 0 Å². The Kier molecular flexibility index (Phi) is 4.06. The van der Waals surface area contributed by atoms with Gasteiger partial charge in [0, 0.05) is 29.7 Å². The Morgan fingerprint density at radius 2 is 2.16 bits per heavy atom. The van der Waals surface area contributed by atoms with E-state index in [0.29, 0.717) is 6.54 Å². The maximum absolute atomic E-state index is 12.2. The molecule has 0 bridgehead atoms. The molecular weight excluding hydrogens is 262 g/mol. The molecule has 1 heterocycles. The first-order chi connectivity index (χ1) is 8.87. The molecule has 19 heavy (non-hydrogen) atoms. The lowest BCUT2D eigenvalue weighted by molar-refractivity contribution is 0.0925. The summed E-state index contributed by atoms with van der Waals surface area (Å²) in [5, 5.41) is 18.9. The normalized spacial score (nSPS) is 19.3. The maximum atomic E-state index is 12.2. The van der Waals surface area contributed by atoms with Crippen LogP contribution >= 0.6 is 11.8 Å². The Morgan fingerprint density at radius 3 is 2.79 bits per heavy atom. The molecule has 2 rings (SSSR count). The highest BCUT2D eigenvalue weighted by Gasteiger charge is 2.28. The van der Waals surface area contributed by atoms with E-state index >= 15 is 0 Å². The van der Waals surface area contributed by atoms with Crippen LogP contribution in [-0.2, 0) is 0 Å².